The van der Waals surface area contributed by atoms with Gasteiger partial charge in [0.25, 0.3) is 0 Å². The molecule has 1 saturated heterocycles. The van der Waals surface area contributed by atoms with Crippen LogP contribution in [0.4, 0.5) is 4.79 Å². The molecule has 0 aromatic carbocycles. The Hall–Kier alpha value is -1.59. The lowest BCUT2D eigenvalue weighted by Crippen LogP contribution is -2.51. The lowest BCUT2D eigenvalue weighted by Gasteiger charge is -2.35. The van der Waals surface area contributed by atoms with E-state index in [1.54, 1.807) is 9.80 Å². The Balaban J connectivity index is 1.75. The standard InChI is InChI=1S/C15H24N2O4/c1-15(2,3)21-14(20)17-8-6-16(7-9-17)13(19)10-12(18)11-4-5-11/h11H,4-10H2,1-3H3. The molecule has 0 aromatic heterocycles. The Morgan fingerprint density at radius 2 is 1.52 bits per heavy atom. The molecule has 0 spiro atoms. The van der Waals surface area contributed by atoms with Crippen molar-refractivity contribution in [1.82, 2.24) is 9.80 Å². The molecule has 1 aliphatic carbocycles. The molecule has 2 rings (SSSR count). The molecular weight excluding hydrogens is 272 g/mol. The zero-order valence-corrected chi connectivity index (χ0v) is 13.1. The lowest BCUT2D eigenvalue weighted by molar-refractivity contribution is -0.137. The second-order valence-corrected chi connectivity index (χ2v) is 6.77. The molecule has 2 fully saturated rings. The van der Waals surface area contributed by atoms with E-state index < -0.39 is 5.60 Å². The highest BCUT2D eigenvalue weighted by Crippen LogP contribution is 2.31. The first-order valence-corrected chi connectivity index (χ1v) is 7.55. The molecule has 0 N–H and O–H groups in total. The van der Waals surface area contributed by atoms with E-state index in [2.05, 4.69) is 0 Å². The summed E-state index contributed by atoms with van der Waals surface area (Å²) in [5.41, 5.74) is -0.513. The number of rotatable bonds is 3. The van der Waals surface area contributed by atoms with E-state index in [1.165, 1.54) is 0 Å². The molecule has 0 radical (unpaired) electrons. The third kappa shape index (κ3) is 4.72. The third-order valence-electron chi connectivity index (χ3n) is 3.64. The molecule has 0 unspecified atom stereocenters. The SMILES string of the molecule is CC(C)(C)OC(=O)N1CCN(C(=O)CC(=O)C2CC2)CC1. The highest BCUT2D eigenvalue weighted by molar-refractivity contribution is 6.00. The van der Waals surface area contributed by atoms with Crippen LogP contribution in [0.3, 0.4) is 0 Å². The van der Waals surface area contributed by atoms with Gasteiger partial charge >= 0.3 is 6.09 Å². The number of hydrogen-bond donors (Lipinski definition) is 0. The van der Waals surface area contributed by atoms with Crippen molar-refractivity contribution in [2.24, 2.45) is 5.92 Å². The number of carbonyl (C=O) groups excluding carboxylic acids is 3. The monoisotopic (exact) mass is 296 g/mol. The van der Waals surface area contributed by atoms with Crippen molar-refractivity contribution in [2.45, 2.75) is 45.6 Å². The van der Waals surface area contributed by atoms with E-state index in [1.807, 2.05) is 20.8 Å². The van der Waals surface area contributed by atoms with Gasteiger partial charge in [-0.3, -0.25) is 9.59 Å². The number of piperazine rings is 1. The molecule has 0 atom stereocenters. The molecule has 1 saturated carbocycles. The Morgan fingerprint density at radius 1 is 1.00 bits per heavy atom. The van der Waals surface area contributed by atoms with Crippen molar-refractivity contribution in [3.63, 3.8) is 0 Å². The van der Waals surface area contributed by atoms with Crippen LogP contribution in [0.25, 0.3) is 0 Å². The van der Waals surface area contributed by atoms with Crippen LogP contribution in [-0.2, 0) is 14.3 Å². The minimum absolute atomic E-state index is 0.0110. The number of nitrogens with zero attached hydrogens (tertiary/aromatic N) is 2. The fourth-order valence-corrected chi connectivity index (χ4v) is 2.28. The minimum atomic E-state index is -0.513. The first-order chi connectivity index (χ1) is 9.76. The average molecular weight is 296 g/mol. The molecule has 21 heavy (non-hydrogen) atoms. The molecule has 2 amide bonds. The number of carbonyl (C=O) groups is 3. The van der Waals surface area contributed by atoms with Gasteiger partial charge in [0.05, 0.1) is 6.42 Å². The summed E-state index contributed by atoms with van der Waals surface area (Å²) in [6.07, 6.45) is 1.53. The molecule has 1 heterocycles. The Bertz CT molecular complexity index is 429. The number of amides is 2. The average Bonchev–Trinajstić information content (AvgIpc) is 3.21. The van der Waals surface area contributed by atoms with E-state index in [9.17, 15) is 14.4 Å². The van der Waals surface area contributed by atoms with Crippen molar-refractivity contribution in [3.8, 4) is 0 Å². The highest BCUT2D eigenvalue weighted by Gasteiger charge is 2.33. The third-order valence-corrected chi connectivity index (χ3v) is 3.64. The van der Waals surface area contributed by atoms with Gasteiger partial charge in [-0.25, -0.2) is 4.79 Å². The van der Waals surface area contributed by atoms with E-state index in [0.717, 1.165) is 12.8 Å². The van der Waals surface area contributed by atoms with Crippen molar-refractivity contribution < 1.29 is 19.1 Å². The van der Waals surface area contributed by atoms with Crippen LogP contribution >= 0.6 is 0 Å². The minimum Gasteiger partial charge on any atom is -0.444 e. The predicted molar refractivity (Wildman–Crippen MR) is 76.7 cm³/mol. The van der Waals surface area contributed by atoms with Gasteiger partial charge in [-0.2, -0.15) is 0 Å². The second-order valence-electron chi connectivity index (χ2n) is 6.77. The van der Waals surface area contributed by atoms with Gasteiger partial charge in [0.1, 0.15) is 11.4 Å². The molecule has 118 valence electrons. The zero-order valence-electron chi connectivity index (χ0n) is 13.1. The fraction of sp³-hybridized carbons (Fsp3) is 0.800. The van der Waals surface area contributed by atoms with E-state index in [4.69, 9.17) is 4.74 Å². The largest absolute Gasteiger partial charge is 0.444 e. The summed E-state index contributed by atoms with van der Waals surface area (Å²) in [6, 6.07) is 0. The van der Waals surface area contributed by atoms with Crippen molar-refractivity contribution in [3.05, 3.63) is 0 Å². The van der Waals surface area contributed by atoms with Crippen molar-refractivity contribution in [2.75, 3.05) is 26.2 Å². The smallest absolute Gasteiger partial charge is 0.410 e. The maximum Gasteiger partial charge on any atom is 0.410 e. The maximum absolute atomic E-state index is 12.0. The van der Waals surface area contributed by atoms with Gasteiger partial charge < -0.3 is 14.5 Å². The van der Waals surface area contributed by atoms with E-state index in [0.29, 0.717) is 26.2 Å². The van der Waals surface area contributed by atoms with Crippen LogP contribution in [-0.4, -0.2) is 59.4 Å². The van der Waals surface area contributed by atoms with Crippen LogP contribution in [0, 0.1) is 5.92 Å². The van der Waals surface area contributed by atoms with Crippen LogP contribution in [0.2, 0.25) is 0 Å². The molecule has 0 aromatic rings. The molecule has 6 nitrogen and oxygen atoms in total. The Morgan fingerprint density at radius 3 is 2.00 bits per heavy atom. The summed E-state index contributed by atoms with van der Waals surface area (Å²) in [7, 11) is 0. The van der Waals surface area contributed by atoms with Gasteiger partial charge in [-0.15, -0.1) is 0 Å². The van der Waals surface area contributed by atoms with Gasteiger partial charge in [-0.05, 0) is 33.6 Å². The number of ketones is 1. The van der Waals surface area contributed by atoms with Gasteiger partial charge in [0.15, 0.2) is 0 Å². The molecule has 0 bridgehead atoms. The lowest BCUT2D eigenvalue weighted by atomic mass is 10.1. The first kappa shape index (κ1) is 15.8. The quantitative estimate of drug-likeness (QED) is 0.739. The Labute approximate surface area is 125 Å². The van der Waals surface area contributed by atoms with E-state index in [-0.39, 0.29) is 30.1 Å². The molecule has 6 heteroatoms. The molecular formula is C15H24N2O4. The summed E-state index contributed by atoms with van der Waals surface area (Å²) in [4.78, 5) is 38.9. The second kappa shape index (κ2) is 6.03. The highest BCUT2D eigenvalue weighted by atomic mass is 16.6. The summed E-state index contributed by atoms with van der Waals surface area (Å²) in [6.45, 7) is 7.33. The first-order valence-electron chi connectivity index (χ1n) is 7.55. The Kier molecular flexibility index (Phi) is 4.54. The summed E-state index contributed by atoms with van der Waals surface area (Å²) in [5.74, 6) is 0.0716. The topological polar surface area (TPSA) is 66.9 Å². The van der Waals surface area contributed by atoms with Gasteiger partial charge in [0, 0.05) is 32.1 Å². The van der Waals surface area contributed by atoms with Gasteiger partial charge in [-0.1, -0.05) is 0 Å². The number of hydrogen-bond acceptors (Lipinski definition) is 4. The molecule has 2 aliphatic rings. The maximum atomic E-state index is 12.0. The fourth-order valence-electron chi connectivity index (χ4n) is 2.28. The van der Waals surface area contributed by atoms with Crippen LogP contribution in [0.5, 0.6) is 0 Å². The number of ether oxygens (including phenoxy) is 1. The van der Waals surface area contributed by atoms with Crippen LogP contribution in [0.1, 0.15) is 40.0 Å². The molecule has 1 aliphatic heterocycles. The van der Waals surface area contributed by atoms with Crippen LogP contribution < -0.4 is 0 Å². The van der Waals surface area contributed by atoms with Crippen molar-refractivity contribution >= 4 is 17.8 Å². The van der Waals surface area contributed by atoms with Gasteiger partial charge in [0.2, 0.25) is 5.91 Å². The van der Waals surface area contributed by atoms with Crippen molar-refractivity contribution in [1.29, 1.82) is 0 Å². The number of Topliss-reactive ketones (excluding diaryl/α,β-unsaturated/α-hetero) is 1. The normalized spacial score (nSPS) is 19.4. The van der Waals surface area contributed by atoms with E-state index >= 15 is 0 Å². The van der Waals surface area contributed by atoms with Crippen LogP contribution in [0.15, 0.2) is 0 Å². The summed E-state index contributed by atoms with van der Waals surface area (Å²) < 4.78 is 5.31. The summed E-state index contributed by atoms with van der Waals surface area (Å²) in [5, 5.41) is 0. The zero-order chi connectivity index (χ0) is 15.6. The predicted octanol–water partition coefficient (Wildman–Crippen LogP) is 1.43. The summed E-state index contributed by atoms with van der Waals surface area (Å²) >= 11 is 0.